The lowest BCUT2D eigenvalue weighted by Gasteiger charge is -2.17. The third-order valence-electron chi connectivity index (χ3n) is 5.15. The smallest absolute Gasteiger partial charge is 0.387 e. The lowest BCUT2D eigenvalue weighted by Crippen LogP contribution is -2.33. The zero-order chi connectivity index (χ0) is 24.6. The highest BCUT2D eigenvalue weighted by Crippen LogP contribution is 2.40. The van der Waals surface area contributed by atoms with Gasteiger partial charge in [-0.2, -0.15) is 4.98 Å². The molecule has 0 amide bonds. The number of azo groups is 1. The van der Waals surface area contributed by atoms with Gasteiger partial charge in [0.25, 0.3) is 11.5 Å². The van der Waals surface area contributed by atoms with Crippen molar-refractivity contribution in [2.24, 2.45) is 10.2 Å². The summed E-state index contributed by atoms with van der Waals surface area (Å²) in [7, 11) is -4.86. The number of H-pyrrole nitrogens is 1. The fourth-order valence-corrected chi connectivity index (χ4v) is 3.79. The Balaban J connectivity index is 1.75. The molecule has 34 heavy (non-hydrogen) atoms. The Morgan fingerprint density at radius 3 is 2.56 bits per heavy atom. The summed E-state index contributed by atoms with van der Waals surface area (Å²) in [5, 5.41) is 29.1. The van der Waals surface area contributed by atoms with Crippen molar-refractivity contribution in [1.82, 2.24) is 19.5 Å². The molecule has 3 heterocycles. The van der Waals surface area contributed by atoms with Crippen LogP contribution in [-0.2, 0) is 20.2 Å². The van der Waals surface area contributed by atoms with Crippen molar-refractivity contribution in [3.05, 3.63) is 40.2 Å². The molecule has 1 aliphatic rings. The van der Waals surface area contributed by atoms with Crippen LogP contribution in [0.15, 0.2) is 39.3 Å². The van der Waals surface area contributed by atoms with E-state index in [1.165, 1.54) is 0 Å². The highest BCUT2D eigenvalue weighted by molar-refractivity contribution is 7.46. The molecule has 0 bridgehead atoms. The number of nitrogens with zero attached hydrogens (tertiary/aromatic N) is 5. The standard InChI is InChI=1S/C18H22N7O8P/c1-2-8-3-5-9(6-4-8)23-24-18-20-11-14(21-17(19)22-15(11)28)25(18)16-13(27)12(26)10(33-16)7-32-34(29,30)31/h3-6,10,12-13,16,26-27H,2,7H2,1H3,(H2,29,30,31)(H3,19,21,22,28)/b24-23+/t10-,12?,13?,16-/m1/s1. The number of hydrogen-bond donors (Lipinski definition) is 6. The van der Waals surface area contributed by atoms with Crippen LogP contribution in [0, 0.1) is 0 Å². The third-order valence-corrected chi connectivity index (χ3v) is 5.63. The first kappa shape index (κ1) is 24.1. The molecule has 0 radical (unpaired) electrons. The first-order chi connectivity index (χ1) is 16.1. The number of fused-ring (bicyclic) bond motifs is 1. The molecule has 4 rings (SSSR count). The summed E-state index contributed by atoms with van der Waals surface area (Å²) in [4.78, 5) is 40.7. The topological polar surface area (TPSA) is 231 Å². The van der Waals surface area contributed by atoms with E-state index in [0.717, 1.165) is 16.6 Å². The number of aryl methyl sites for hydroxylation is 1. The summed E-state index contributed by atoms with van der Waals surface area (Å²) < 4.78 is 22.1. The number of ether oxygens (including phenoxy) is 1. The van der Waals surface area contributed by atoms with Crippen LogP contribution in [0.3, 0.4) is 0 Å². The van der Waals surface area contributed by atoms with Crippen molar-refractivity contribution in [3.8, 4) is 0 Å². The zero-order valence-electron chi connectivity index (χ0n) is 17.7. The fraction of sp³-hybridized carbons (Fsp3) is 0.389. The monoisotopic (exact) mass is 495 g/mol. The van der Waals surface area contributed by atoms with Crippen molar-refractivity contribution < 1.29 is 33.8 Å². The molecule has 2 unspecified atom stereocenters. The lowest BCUT2D eigenvalue weighted by molar-refractivity contribution is -0.0496. The number of aliphatic hydroxyl groups excluding tert-OH is 2. The second-order valence-corrected chi connectivity index (χ2v) is 8.70. The van der Waals surface area contributed by atoms with Crippen molar-refractivity contribution in [1.29, 1.82) is 0 Å². The maximum absolute atomic E-state index is 12.4. The Hall–Kier alpha value is -3.04. The number of anilines is 1. The van der Waals surface area contributed by atoms with E-state index in [0.29, 0.717) is 5.69 Å². The number of phosphoric acid groups is 1. The van der Waals surface area contributed by atoms with Gasteiger partial charge < -0.3 is 30.5 Å². The van der Waals surface area contributed by atoms with Crippen LogP contribution in [0.4, 0.5) is 17.6 Å². The van der Waals surface area contributed by atoms with Crippen LogP contribution < -0.4 is 11.3 Å². The van der Waals surface area contributed by atoms with Gasteiger partial charge >= 0.3 is 7.82 Å². The number of nitrogens with two attached hydrogens (primary N) is 1. The van der Waals surface area contributed by atoms with Gasteiger partial charge in [0.05, 0.1) is 12.3 Å². The number of aromatic nitrogens is 4. The highest BCUT2D eigenvalue weighted by atomic mass is 31.2. The number of imidazole rings is 1. The van der Waals surface area contributed by atoms with Gasteiger partial charge in [0.2, 0.25) is 5.95 Å². The van der Waals surface area contributed by atoms with Crippen LogP contribution in [0.1, 0.15) is 18.7 Å². The fourth-order valence-electron chi connectivity index (χ4n) is 3.45. The average molecular weight is 495 g/mol. The van der Waals surface area contributed by atoms with Crippen LogP contribution in [0.25, 0.3) is 11.2 Å². The number of aromatic amines is 1. The van der Waals surface area contributed by atoms with Crippen molar-refractivity contribution in [3.63, 3.8) is 0 Å². The number of phosphoric ester groups is 1. The summed E-state index contributed by atoms with van der Waals surface area (Å²) >= 11 is 0. The molecule has 182 valence electrons. The van der Waals surface area contributed by atoms with E-state index in [4.69, 9.17) is 20.3 Å². The Morgan fingerprint density at radius 1 is 1.21 bits per heavy atom. The number of nitrogens with one attached hydrogen (secondary N) is 1. The molecule has 0 aliphatic carbocycles. The number of benzene rings is 1. The molecule has 1 saturated heterocycles. The molecule has 0 spiro atoms. The molecule has 3 aromatic rings. The maximum Gasteiger partial charge on any atom is 0.469 e. The largest absolute Gasteiger partial charge is 0.469 e. The molecule has 2 aromatic heterocycles. The van der Waals surface area contributed by atoms with Gasteiger partial charge in [-0.1, -0.05) is 19.1 Å². The van der Waals surface area contributed by atoms with E-state index in [-0.39, 0.29) is 23.1 Å². The molecule has 0 saturated carbocycles. The normalized spacial score (nSPS) is 23.3. The summed E-state index contributed by atoms with van der Waals surface area (Å²) in [6.45, 7) is 1.29. The van der Waals surface area contributed by atoms with E-state index in [2.05, 4.69) is 29.7 Å². The first-order valence-electron chi connectivity index (χ1n) is 10.1. The minimum absolute atomic E-state index is 0.107. The van der Waals surface area contributed by atoms with Crippen molar-refractivity contribution >= 4 is 36.6 Å². The number of nitrogen functional groups attached to an aromatic ring is 1. The minimum atomic E-state index is -4.86. The lowest BCUT2D eigenvalue weighted by atomic mass is 10.1. The van der Waals surface area contributed by atoms with Crippen LogP contribution >= 0.6 is 7.82 Å². The van der Waals surface area contributed by atoms with Gasteiger partial charge in [0, 0.05) is 0 Å². The summed E-state index contributed by atoms with van der Waals surface area (Å²) in [5.41, 5.74) is 6.27. The Morgan fingerprint density at radius 2 is 1.91 bits per heavy atom. The van der Waals surface area contributed by atoms with E-state index in [1.807, 2.05) is 19.1 Å². The molecule has 15 nitrogen and oxygen atoms in total. The van der Waals surface area contributed by atoms with Gasteiger partial charge in [0.15, 0.2) is 17.4 Å². The quantitative estimate of drug-likeness (QED) is 0.194. The molecular weight excluding hydrogens is 473 g/mol. The van der Waals surface area contributed by atoms with Crippen LogP contribution in [0.5, 0.6) is 0 Å². The summed E-state index contributed by atoms with van der Waals surface area (Å²) in [5.74, 6) is -0.433. The van der Waals surface area contributed by atoms with Gasteiger partial charge in [0.1, 0.15) is 18.3 Å². The van der Waals surface area contributed by atoms with Crippen LogP contribution in [0.2, 0.25) is 0 Å². The van der Waals surface area contributed by atoms with E-state index >= 15 is 0 Å². The SMILES string of the molecule is CCc1ccc(/N=N/c2nc3c(=O)[nH]c(N)nc3n2[C@@H]2O[C@H](COP(=O)(O)O)C(O)C2O)cc1. The molecule has 7 N–H and O–H groups in total. The summed E-state index contributed by atoms with van der Waals surface area (Å²) in [6, 6.07) is 7.21. The van der Waals surface area contributed by atoms with Gasteiger partial charge in [-0.25, -0.2) is 9.55 Å². The van der Waals surface area contributed by atoms with Crippen molar-refractivity contribution in [2.75, 3.05) is 12.3 Å². The Kier molecular flexibility index (Phi) is 6.60. The van der Waals surface area contributed by atoms with Crippen LogP contribution in [-0.4, -0.2) is 64.4 Å². The molecule has 1 aromatic carbocycles. The van der Waals surface area contributed by atoms with E-state index in [9.17, 15) is 19.6 Å². The van der Waals surface area contributed by atoms with Gasteiger partial charge in [-0.3, -0.25) is 18.9 Å². The number of hydrogen-bond acceptors (Lipinski definition) is 11. The number of aliphatic hydroxyl groups is 2. The Labute approximate surface area is 191 Å². The predicted octanol–water partition coefficient (Wildman–Crippen LogP) is 0.408. The first-order valence-corrected chi connectivity index (χ1v) is 11.6. The molecule has 16 heteroatoms. The molecule has 1 aliphatic heterocycles. The molecular formula is C18H22N7O8P. The van der Waals surface area contributed by atoms with E-state index < -0.39 is 44.5 Å². The van der Waals surface area contributed by atoms with Gasteiger partial charge in [-0.05, 0) is 24.1 Å². The highest BCUT2D eigenvalue weighted by Gasteiger charge is 2.46. The summed E-state index contributed by atoms with van der Waals surface area (Å²) in [6.07, 6.45) is -5.11. The predicted molar refractivity (Wildman–Crippen MR) is 116 cm³/mol. The minimum Gasteiger partial charge on any atom is -0.387 e. The zero-order valence-corrected chi connectivity index (χ0v) is 18.6. The molecule has 1 fully saturated rings. The molecule has 4 atom stereocenters. The second-order valence-electron chi connectivity index (χ2n) is 7.46. The van der Waals surface area contributed by atoms with Crippen molar-refractivity contribution in [2.45, 2.75) is 37.9 Å². The third kappa shape index (κ3) is 4.90. The van der Waals surface area contributed by atoms with Gasteiger partial charge in [-0.15, -0.1) is 10.2 Å². The average Bonchev–Trinajstić information content (AvgIpc) is 3.28. The maximum atomic E-state index is 12.4. The van der Waals surface area contributed by atoms with E-state index in [1.54, 1.807) is 12.1 Å². The Bertz CT molecular complexity index is 1320. The second kappa shape index (κ2) is 9.31. The number of rotatable bonds is 7.